The first kappa shape index (κ1) is 16.7. The first-order valence-electron chi connectivity index (χ1n) is 6.24. The van der Waals surface area contributed by atoms with Gasteiger partial charge in [0.25, 0.3) is 5.91 Å². The summed E-state index contributed by atoms with van der Waals surface area (Å²) in [5.74, 6) is -0.318. The number of rotatable bonds is 4. The fourth-order valence-electron chi connectivity index (χ4n) is 1.95. The van der Waals surface area contributed by atoms with Gasteiger partial charge in [-0.05, 0) is 34.1 Å². The Hall–Kier alpha value is -1.71. The highest BCUT2D eigenvalue weighted by atomic mass is 79.9. The van der Waals surface area contributed by atoms with Crippen LogP contribution in [0.1, 0.15) is 15.9 Å². The Labute approximate surface area is 136 Å². The van der Waals surface area contributed by atoms with Gasteiger partial charge in [-0.3, -0.25) is 9.48 Å². The van der Waals surface area contributed by atoms with Crippen molar-refractivity contribution in [1.29, 1.82) is 0 Å². The lowest BCUT2D eigenvalue weighted by atomic mass is 10.2. The van der Waals surface area contributed by atoms with E-state index in [1.54, 1.807) is 31.2 Å². The zero-order valence-electron chi connectivity index (χ0n) is 12.0. The Bertz CT molecular complexity index is 816. The van der Waals surface area contributed by atoms with Gasteiger partial charge in [-0.15, -0.1) is 0 Å². The van der Waals surface area contributed by atoms with E-state index in [1.807, 2.05) is 0 Å². The molecular weight excluding hydrogens is 372 g/mol. The number of hydrogen-bond donors (Lipinski definition) is 1. The molecule has 1 amide bonds. The highest BCUT2D eigenvalue weighted by Gasteiger charge is 2.19. The van der Waals surface area contributed by atoms with E-state index in [2.05, 4.69) is 21.0 Å². The van der Waals surface area contributed by atoms with Crippen molar-refractivity contribution in [2.75, 3.05) is 7.05 Å². The summed E-state index contributed by atoms with van der Waals surface area (Å²) in [6, 6.07) is 4.10. The number of nitrogens with two attached hydrogens (primary N) is 1. The molecule has 1 aromatic heterocycles. The van der Waals surface area contributed by atoms with Crippen molar-refractivity contribution < 1.29 is 13.2 Å². The number of nitrogens with zero attached hydrogens (tertiary/aromatic N) is 3. The quantitative estimate of drug-likeness (QED) is 0.850. The first-order chi connectivity index (χ1) is 10.2. The summed E-state index contributed by atoms with van der Waals surface area (Å²) >= 11 is 3.26. The van der Waals surface area contributed by atoms with Gasteiger partial charge in [-0.25, -0.2) is 13.6 Å². The Morgan fingerprint density at radius 2 is 2.14 bits per heavy atom. The minimum absolute atomic E-state index is 0.103. The van der Waals surface area contributed by atoms with Gasteiger partial charge in [0, 0.05) is 36.9 Å². The van der Waals surface area contributed by atoms with Crippen LogP contribution in [0, 0.1) is 0 Å². The molecule has 0 aliphatic heterocycles. The summed E-state index contributed by atoms with van der Waals surface area (Å²) in [5.41, 5.74) is 1.11. The van der Waals surface area contributed by atoms with Crippen LogP contribution in [0.4, 0.5) is 0 Å². The summed E-state index contributed by atoms with van der Waals surface area (Å²) in [7, 11) is -0.442. The van der Waals surface area contributed by atoms with Gasteiger partial charge in [0.15, 0.2) is 0 Å². The molecule has 2 rings (SSSR count). The van der Waals surface area contributed by atoms with Crippen molar-refractivity contribution in [2.24, 2.45) is 12.2 Å². The van der Waals surface area contributed by atoms with Gasteiger partial charge >= 0.3 is 0 Å². The molecule has 0 radical (unpaired) electrons. The monoisotopic (exact) mass is 386 g/mol. The van der Waals surface area contributed by atoms with Gasteiger partial charge in [0.2, 0.25) is 10.0 Å². The standard InChI is InChI=1S/C13H15BrN4O3S/c1-17(7-9-6-16-18(2)8-9)13(19)11-5-10(22(15,20)21)3-4-12(11)14/h3-6,8H,7H2,1-2H3,(H2,15,20,21). The van der Waals surface area contributed by atoms with Crippen molar-refractivity contribution in [2.45, 2.75) is 11.4 Å². The zero-order chi connectivity index (χ0) is 16.5. The molecule has 1 heterocycles. The molecule has 2 N–H and O–H groups in total. The largest absolute Gasteiger partial charge is 0.337 e. The zero-order valence-corrected chi connectivity index (χ0v) is 14.4. The minimum Gasteiger partial charge on any atom is -0.337 e. The summed E-state index contributed by atoms with van der Waals surface area (Å²) < 4.78 is 25.0. The van der Waals surface area contributed by atoms with Gasteiger partial charge in [0.05, 0.1) is 16.7 Å². The molecule has 22 heavy (non-hydrogen) atoms. The lowest BCUT2D eigenvalue weighted by Crippen LogP contribution is -2.26. The van der Waals surface area contributed by atoms with Crippen molar-refractivity contribution >= 4 is 31.9 Å². The molecule has 0 bridgehead atoms. The third-order valence-corrected chi connectivity index (χ3v) is 4.62. The van der Waals surface area contributed by atoms with E-state index in [-0.39, 0.29) is 16.4 Å². The van der Waals surface area contributed by atoms with Crippen LogP contribution in [-0.4, -0.2) is 36.1 Å². The summed E-state index contributed by atoms with van der Waals surface area (Å²) in [6.07, 6.45) is 3.47. The number of aromatic nitrogens is 2. The average molecular weight is 387 g/mol. The lowest BCUT2D eigenvalue weighted by Gasteiger charge is -2.17. The van der Waals surface area contributed by atoms with E-state index in [4.69, 9.17) is 5.14 Å². The molecule has 2 aromatic rings. The van der Waals surface area contributed by atoms with Crippen LogP contribution < -0.4 is 5.14 Å². The highest BCUT2D eigenvalue weighted by Crippen LogP contribution is 2.22. The van der Waals surface area contributed by atoms with Crippen molar-refractivity contribution in [3.8, 4) is 0 Å². The second-order valence-corrected chi connectivity index (χ2v) is 7.29. The number of halogens is 1. The molecule has 0 aliphatic carbocycles. The summed E-state index contributed by atoms with van der Waals surface area (Å²) in [5, 5.41) is 9.14. The van der Waals surface area contributed by atoms with E-state index in [9.17, 15) is 13.2 Å². The molecule has 118 valence electrons. The molecule has 9 heteroatoms. The maximum Gasteiger partial charge on any atom is 0.255 e. The predicted octanol–water partition coefficient (Wildman–Crippen LogP) is 1.10. The van der Waals surface area contributed by atoms with E-state index < -0.39 is 10.0 Å². The SMILES string of the molecule is CN(Cc1cnn(C)c1)C(=O)c1cc(S(N)(=O)=O)ccc1Br. The lowest BCUT2D eigenvalue weighted by molar-refractivity contribution is 0.0784. The van der Waals surface area contributed by atoms with Crippen LogP contribution in [0.25, 0.3) is 0 Å². The van der Waals surface area contributed by atoms with Gasteiger partial charge < -0.3 is 4.90 Å². The van der Waals surface area contributed by atoms with Crippen LogP contribution in [0.15, 0.2) is 40.0 Å². The molecule has 1 aromatic carbocycles. The molecule has 0 aliphatic rings. The van der Waals surface area contributed by atoms with Crippen LogP contribution in [0.3, 0.4) is 0 Å². The fourth-order valence-corrected chi connectivity index (χ4v) is 2.91. The molecule has 0 saturated carbocycles. The minimum atomic E-state index is -3.86. The topological polar surface area (TPSA) is 98.3 Å². The molecule has 0 spiro atoms. The second-order valence-electron chi connectivity index (χ2n) is 4.87. The van der Waals surface area contributed by atoms with Gasteiger partial charge in [-0.1, -0.05) is 0 Å². The van der Waals surface area contributed by atoms with Crippen LogP contribution >= 0.6 is 15.9 Å². The van der Waals surface area contributed by atoms with E-state index in [1.165, 1.54) is 23.1 Å². The normalized spacial score (nSPS) is 11.5. The summed E-state index contributed by atoms with van der Waals surface area (Å²) in [4.78, 5) is 13.9. The van der Waals surface area contributed by atoms with Crippen LogP contribution in [0.5, 0.6) is 0 Å². The van der Waals surface area contributed by atoms with E-state index in [0.717, 1.165) is 5.56 Å². The number of hydrogen-bond acceptors (Lipinski definition) is 4. The molecule has 0 atom stereocenters. The van der Waals surface area contributed by atoms with Gasteiger partial charge in [0.1, 0.15) is 0 Å². The smallest absolute Gasteiger partial charge is 0.255 e. The maximum absolute atomic E-state index is 12.5. The molecule has 7 nitrogen and oxygen atoms in total. The number of carbonyl (C=O) groups excluding carboxylic acids is 1. The van der Waals surface area contributed by atoms with E-state index in [0.29, 0.717) is 11.0 Å². The predicted molar refractivity (Wildman–Crippen MR) is 84.5 cm³/mol. The van der Waals surface area contributed by atoms with Crippen LogP contribution in [-0.2, 0) is 23.6 Å². The Morgan fingerprint density at radius 1 is 1.45 bits per heavy atom. The third-order valence-electron chi connectivity index (χ3n) is 3.02. The number of primary sulfonamides is 1. The van der Waals surface area contributed by atoms with Crippen molar-refractivity contribution in [3.05, 3.63) is 46.2 Å². The maximum atomic E-state index is 12.5. The fraction of sp³-hybridized carbons (Fsp3) is 0.231. The first-order valence-corrected chi connectivity index (χ1v) is 8.58. The van der Waals surface area contributed by atoms with Crippen molar-refractivity contribution in [3.63, 3.8) is 0 Å². The van der Waals surface area contributed by atoms with Crippen LogP contribution in [0.2, 0.25) is 0 Å². The number of benzene rings is 1. The number of carbonyl (C=O) groups is 1. The average Bonchev–Trinajstić information content (AvgIpc) is 2.82. The number of amides is 1. The number of sulfonamides is 1. The van der Waals surface area contributed by atoms with Gasteiger partial charge in [-0.2, -0.15) is 5.10 Å². The number of aryl methyl sites for hydroxylation is 1. The van der Waals surface area contributed by atoms with Crippen molar-refractivity contribution in [1.82, 2.24) is 14.7 Å². The molecule has 0 saturated heterocycles. The summed E-state index contributed by atoms with van der Waals surface area (Å²) in [6.45, 7) is 0.360. The van der Waals surface area contributed by atoms with E-state index >= 15 is 0 Å². The Morgan fingerprint density at radius 3 is 2.68 bits per heavy atom. The Kier molecular flexibility index (Phi) is 4.69. The molecule has 0 unspecified atom stereocenters. The third kappa shape index (κ3) is 3.73. The second kappa shape index (κ2) is 6.19. The Balaban J connectivity index is 2.28. The highest BCUT2D eigenvalue weighted by molar-refractivity contribution is 9.10. The molecule has 0 fully saturated rings. The molecular formula is C13H15BrN4O3S.